The summed E-state index contributed by atoms with van der Waals surface area (Å²) in [5.74, 6) is -0.515. The number of anilines is 1. The number of rotatable bonds is 1. The van der Waals surface area contributed by atoms with E-state index in [0.29, 0.717) is 16.8 Å². The molecule has 2 amide bonds. The highest BCUT2D eigenvalue weighted by atomic mass is 16.2. The average molecular weight is 315 g/mol. The number of hydrogen-bond acceptors (Lipinski definition) is 2. The van der Waals surface area contributed by atoms with E-state index in [1.807, 2.05) is 69.3 Å². The molecule has 4 rings (SSSR count). The number of amides is 2. The van der Waals surface area contributed by atoms with E-state index in [0.717, 1.165) is 27.5 Å². The zero-order valence-corrected chi connectivity index (χ0v) is 13.9. The van der Waals surface area contributed by atoms with Crippen LogP contribution in [0.4, 0.5) is 5.69 Å². The van der Waals surface area contributed by atoms with E-state index < -0.39 is 0 Å². The van der Waals surface area contributed by atoms with Crippen molar-refractivity contribution < 1.29 is 9.59 Å². The average Bonchev–Trinajstić information content (AvgIpc) is 2.56. The van der Waals surface area contributed by atoms with Crippen molar-refractivity contribution in [3.8, 4) is 0 Å². The normalized spacial score (nSPS) is 13.7. The van der Waals surface area contributed by atoms with Crippen LogP contribution in [0.3, 0.4) is 0 Å². The van der Waals surface area contributed by atoms with E-state index >= 15 is 0 Å². The largest absolute Gasteiger partial charge is 0.268 e. The SMILES string of the molecule is Cc1ccc(N2C(=O)c3ccc(C)c4c(C)ccc(c34)C2=O)cc1. The summed E-state index contributed by atoms with van der Waals surface area (Å²) < 4.78 is 0. The van der Waals surface area contributed by atoms with Crippen molar-refractivity contribution in [2.45, 2.75) is 20.8 Å². The van der Waals surface area contributed by atoms with Gasteiger partial charge in [0.2, 0.25) is 0 Å². The minimum absolute atomic E-state index is 0.257. The molecule has 0 saturated heterocycles. The van der Waals surface area contributed by atoms with Gasteiger partial charge in [-0.1, -0.05) is 29.8 Å². The Kier molecular flexibility index (Phi) is 3.07. The number of aryl methyl sites for hydroxylation is 3. The van der Waals surface area contributed by atoms with Gasteiger partial charge in [0.15, 0.2) is 0 Å². The predicted octanol–water partition coefficient (Wildman–Crippen LogP) is 4.57. The summed E-state index contributed by atoms with van der Waals surface area (Å²) in [4.78, 5) is 27.3. The highest BCUT2D eigenvalue weighted by Gasteiger charge is 2.34. The molecule has 0 atom stereocenters. The summed E-state index contributed by atoms with van der Waals surface area (Å²) >= 11 is 0. The highest BCUT2D eigenvalue weighted by Crippen LogP contribution is 2.35. The molecule has 0 aromatic heterocycles. The van der Waals surface area contributed by atoms with E-state index in [1.165, 1.54) is 4.90 Å². The van der Waals surface area contributed by atoms with Gasteiger partial charge in [0.1, 0.15) is 0 Å². The smallest absolute Gasteiger partial charge is 0.265 e. The van der Waals surface area contributed by atoms with Gasteiger partial charge in [0.25, 0.3) is 11.8 Å². The van der Waals surface area contributed by atoms with Crippen molar-refractivity contribution in [3.05, 3.63) is 76.3 Å². The van der Waals surface area contributed by atoms with E-state index in [1.54, 1.807) is 0 Å². The van der Waals surface area contributed by atoms with Crippen molar-refractivity contribution in [3.63, 3.8) is 0 Å². The molecule has 118 valence electrons. The van der Waals surface area contributed by atoms with Gasteiger partial charge in [-0.3, -0.25) is 9.59 Å². The second-order valence-corrected chi connectivity index (χ2v) is 6.39. The Bertz CT molecular complexity index is 959. The molecule has 0 N–H and O–H groups in total. The van der Waals surface area contributed by atoms with E-state index in [4.69, 9.17) is 0 Å². The van der Waals surface area contributed by atoms with Crippen molar-refractivity contribution >= 4 is 28.3 Å². The molecular formula is C21H17NO2. The van der Waals surface area contributed by atoms with Crippen LogP contribution in [0.5, 0.6) is 0 Å². The van der Waals surface area contributed by atoms with Gasteiger partial charge in [-0.25, -0.2) is 4.90 Å². The fourth-order valence-electron chi connectivity index (χ4n) is 3.49. The molecule has 24 heavy (non-hydrogen) atoms. The fourth-order valence-corrected chi connectivity index (χ4v) is 3.49. The second-order valence-electron chi connectivity index (χ2n) is 6.39. The van der Waals surface area contributed by atoms with Gasteiger partial charge in [-0.05, 0) is 61.5 Å². The maximum absolute atomic E-state index is 13.0. The molecule has 0 fully saturated rings. The first kappa shape index (κ1) is 14.6. The molecule has 0 unspecified atom stereocenters. The van der Waals surface area contributed by atoms with Crippen LogP contribution in [0.15, 0.2) is 48.5 Å². The molecule has 1 heterocycles. The van der Waals surface area contributed by atoms with Crippen LogP contribution in [-0.4, -0.2) is 11.8 Å². The van der Waals surface area contributed by atoms with Crippen LogP contribution in [-0.2, 0) is 0 Å². The lowest BCUT2D eigenvalue weighted by atomic mass is 9.89. The van der Waals surface area contributed by atoms with Crippen molar-refractivity contribution in [1.82, 2.24) is 0 Å². The first-order chi connectivity index (χ1) is 11.5. The van der Waals surface area contributed by atoms with Crippen LogP contribution in [0.25, 0.3) is 10.8 Å². The number of imide groups is 1. The highest BCUT2D eigenvalue weighted by molar-refractivity contribution is 6.36. The molecule has 0 bridgehead atoms. The number of carbonyl (C=O) groups is 2. The number of benzene rings is 3. The third kappa shape index (κ3) is 1.91. The summed E-state index contributed by atoms with van der Waals surface area (Å²) in [5.41, 5.74) is 5.04. The van der Waals surface area contributed by atoms with Crippen LogP contribution >= 0.6 is 0 Å². The fraction of sp³-hybridized carbons (Fsp3) is 0.143. The van der Waals surface area contributed by atoms with Crippen LogP contribution in [0.2, 0.25) is 0 Å². The monoisotopic (exact) mass is 315 g/mol. The third-order valence-corrected chi connectivity index (χ3v) is 4.74. The van der Waals surface area contributed by atoms with Gasteiger partial charge in [0.05, 0.1) is 5.69 Å². The first-order valence-electron chi connectivity index (χ1n) is 7.97. The summed E-state index contributed by atoms with van der Waals surface area (Å²) in [7, 11) is 0. The van der Waals surface area contributed by atoms with E-state index in [2.05, 4.69) is 0 Å². The molecule has 0 saturated carbocycles. The Labute approximate surface area is 140 Å². The van der Waals surface area contributed by atoms with E-state index in [-0.39, 0.29) is 11.8 Å². The lowest BCUT2D eigenvalue weighted by molar-refractivity contribution is 0.0893. The van der Waals surface area contributed by atoms with Gasteiger partial charge in [-0.15, -0.1) is 0 Å². The van der Waals surface area contributed by atoms with Crippen LogP contribution in [0.1, 0.15) is 37.4 Å². The number of nitrogens with zero attached hydrogens (tertiary/aromatic N) is 1. The van der Waals surface area contributed by atoms with Gasteiger partial charge < -0.3 is 0 Å². The van der Waals surface area contributed by atoms with Gasteiger partial charge >= 0.3 is 0 Å². The van der Waals surface area contributed by atoms with Crippen molar-refractivity contribution in [2.24, 2.45) is 0 Å². The maximum atomic E-state index is 13.0. The predicted molar refractivity (Wildman–Crippen MR) is 95.7 cm³/mol. The van der Waals surface area contributed by atoms with Crippen LogP contribution in [0, 0.1) is 20.8 Å². The molecule has 3 nitrogen and oxygen atoms in total. The maximum Gasteiger partial charge on any atom is 0.265 e. The second kappa shape index (κ2) is 5.03. The standard InChI is InChI=1S/C21H17NO2/c1-12-4-8-15(9-5-12)22-20(23)16-10-6-13(2)18-14(3)7-11-17(19(16)18)21(22)24/h4-11H,1-3H3. The third-order valence-electron chi connectivity index (χ3n) is 4.74. The van der Waals surface area contributed by atoms with Crippen molar-refractivity contribution in [2.75, 3.05) is 4.90 Å². The Hall–Kier alpha value is -2.94. The lowest BCUT2D eigenvalue weighted by Crippen LogP contribution is -2.40. The topological polar surface area (TPSA) is 37.4 Å². The molecule has 0 aliphatic carbocycles. The Morgan fingerprint density at radius 1 is 0.625 bits per heavy atom. The number of hydrogen-bond donors (Lipinski definition) is 0. The molecule has 1 aliphatic rings. The molecular weight excluding hydrogens is 298 g/mol. The molecule has 1 aliphatic heterocycles. The minimum Gasteiger partial charge on any atom is -0.268 e. The Morgan fingerprint density at radius 3 is 1.62 bits per heavy atom. The summed E-state index contributed by atoms with van der Waals surface area (Å²) in [6, 6.07) is 15.0. The van der Waals surface area contributed by atoms with Crippen LogP contribution < -0.4 is 4.90 Å². The zero-order chi connectivity index (χ0) is 17.0. The number of carbonyl (C=O) groups excluding carboxylic acids is 2. The molecule has 0 radical (unpaired) electrons. The summed E-state index contributed by atoms with van der Waals surface area (Å²) in [6.07, 6.45) is 0. The summed E-state index contributed by atoms with van der Waals surface area (Å²) in [5, 5.41) is 1.80. The zero-order valence-electron chi connectivity index (χ0n) is 13.9. The molecule has 3 aromatic carbocycles. The van der Waals surface area contributed by atoms with Gasteiger partial charge in [0, 0.05) is 16.5 Å². The lowest BCUT2D eigenvalue weighted by Gasteiger charge is -2.28. The minimum atomic E-state index is -0.257. The molecule has 3 heteroatoms. The molecule has 0 spiro atoms. The first-order valence-corrected chi connectivity index (χ1v) is 7.97. The molecule has 3 aromatic rings. The summed E-state index contributed by atoms with van der Waals surface area (Å²) in [6.45, 7) is 6.00. The van der Waals surface area contributed by atoms with E-state index in [9.17, 15) is 9.59 Å². The Balaban J connectivity index is 2.01. The van der Waals surface area contributed by atoms with Crippen molar-refractivity contribution in [1.29, 1.82) is 0 Å². The Morgan fingerprint density at radius 2 is 1.12 bits per heavy atom. The quantitative estimate of drug-likeness (QED) is 0.617. The van der Waals surface area contributed by atoms with Gasteiger partial charge in [-0.2, -0.15) is 0 Å².